The van der Waals surface area contributed by atoms with Crippen LogP contribution >= 0.6 is 0 Å². The molecule has 18 aromatic rings. The molecule has 0 saturated carbocycles. The zero-order chi connectivity index (χ0) is 59.2. The lowest BCUT2D eigenvalue weighted by Gasteiger charge is -2.10. The summed E-state index contributed by atoms with van der Waals surface area (Å²) >= 11 is 0. The van der Waals surface area contributed by atoms with E-state index in [1.54, 1.807) is 0 Å². The molecule has 10 nitrogen and oxygen atoms in total. The summed E-state index contributed by atoms with van der Waals surface area (Å²) in [5, 5.41) is 4.71. The van der Waals surface area contributed by atoms with Crippen LogP contribution < -0.4 is 0 Å². The van der Waals surface area contributed by atoms with E-state index in [2.05, 4.69) is 203 Å². The normalized spacial score (nSPS) is 11.8. The van der Waals surface area contributed by atoms with Crippen molar-refractivity contribution in [2.24, 2.45) is 0 Å². The molecule has 10 heteroatoms. The topological polar surface area (TPSA) is 112 Å². The minimum absolute atomic E-state index is 0.602. The van der Waals surface area contributed by atoms with E-state index in [9.17, 15) is 0 Å². The molecule has 10 aromatic carbocycles. The Balaban J connectivity index is 0.627. The summed E-state index contributed by atoms with van der Waals surface area (Å²) in [6, 6.07) is 101. The molecule has 0 N–H and O–H groups in total. The largest absolute Gasteiger partial charge is 0.292 e. The van der Waals surface area contributed by atoms with E-state index >= 15 is 0 Å². The Labute approximate surface area is 516 Å². The maximum Gasteiger partial charge on any atom is 0.164 e. The van der Waals surface area contributed by atoms with Gasteiger partial charge in [0.15, 0.2) is 34.9 Å². The summed E-state index contributed by atoms with van der Waals surface area (Å²) in [5.74, 6) is 3.73. The molecule has 0 amide bonds. The molecule has 0 bridgehead atoms. The van der Waals surface area contributed by atoms with Crippen molar-refractivity contribution in [2.45, 2.75) is 0 Å². The van der Waals surface area contributed by atoms with Crippen molar-refractivity contribution in [3.05, 3.63) is 291 Å². The van der Waals surface area contributed by atoms with Gasteiger partial charge in [-0.1, -0.05) is 255 Å². The summed E-state index contributed by atoms with van der Waals surface area (Å²) in [6.45, 7) is 0. The van der Waals surface area contributed by atoms with Crippen LogP contribution in [0.4, 0.5) is 0 Å². The van der Waals surface area contributed by atoms with Gasteiger partial charge in [-0.05, 0) is 69.8 Å². The molecule has 0 fully saturated rings. The van der Waals surface area contributed by atoms with Gasteiger partial charge in [0.05, 0.1) is 33.5 Å². The number of benzene rings is 10. The fourth-order valence-corrected chi connectivity index (χ4v) is 12.9. The zero-order valence-corrected chi connectivity index (χ0v) is 48.2. The number of aromatic nitrogens is 10. The Morgan fingerprint density at radius 3 is 0.856 bits per heavy atom. The SMILES string of the molecule is c1ccc(-c2nc(-c3ccccc3)nc(-c3ccc(-c4ccc5c(c4)c4cccc6nc(-c7ccc(-c8ccc(-c9nc(-c%10ccccc%10)nc(-c%10ccc(-c%11ccc%12c(c%11)c%11c(-c%13ccccc%13)nc%13cccc%12n%13%11)cc%10)n9)cc8)cc7)c5n64)cc3)n2)cc1. The van der Waals surface area contributed by atoms with Crippen LogP contribution in [0.5, 0.6) is 0 Å². The first-order chi connectivity index (χ1) is 44.6. The second-order valence-corrected chi connectivity index (χ2v) is 22.7. The molecule has 0 aliphatic heterocycles. The summed E-state index contributed by atoms with van der Waals surface area (Å²) in [7, 11) is 0. The smallest absolute Gasteiger partial charge is 0.164 e. The van der Waals surface area contributed by atoms with Crippen LogP contribution in [0.25, 0.3) is 179 Å². The van der Waals surface area contributed by atoms with Crippen LogP contribution in [0.1, 0.15) is 0 Å². The summed E-state index contributed by atoms with van der Waals surface area (Å²) in [5.41, 5.74) is 22.6. The third-order valence-corrected chi connectivity index (χ3v) is 17.4. The predicted molar refractivity (Wildman–Crippen MR) is 363 cm³/mol. The monoisotopic (exact) mass is 1150 g/mol. The van der Waals surface area contributed by atoms with Crippen LogP contribution in [0.3, 0.4) is 0 Å². The fourth-order valence-electron chi connectivity index (χ4n) is 12.9. The lowest BCUT2D eigenvalue weighted by atomic mass is 9.99. The van der Waals surface area contributed by atoms with Gasteiger partial charge in [-0.25, -0.2) is 39.9 Å². The Morgan fingerprint density at radius 2 is 0.456 bits per heavy atom. The Kier molecular flexibility index (Phi) is 11.7. The molecule has 8 aromatic heterocycles. The quantitative estimate of drug-likeness (QED) is 0.126. The second-order valence-electron chi connectivity index (χ2n) is 22.7. The highest BCUT2D eigenvalue weighted by atomic mass is 15.1. The van der Waals surface area contributed by atoms with E-state index in [1.807, 2.05) is 97.1 Å². The average Bonchev–Trinajstić information content (AvgIpc) is 1.60. The van der Waals surface area contributed by atoms with Crippen molar-refractivity contribution < 1.29 is 0 Å². The molecular formula is C80H48N10. The van der Waals surface area contributed by atoms with Gasteiger partial charge < -0.3 is 0 Å². The molecule has 0 radical (unpaired) electrons. The lowest BCUT2D eigenvalue weighted by molar-refractivity contribution is 1.07. The van der Waals surface area contributed by atoms with Gasteiger partial charge in [-0.2, -0.15) is 0 Å². The number of hydrogen-bond donors (Lipinski definition) is 0. The standard InChI is InChI=1S/C80H48N10/c1-5-15-53(16-6-1)71-74-66-48-62(43-45-63(66)67-23-13-25-69(81-71)89(67)74)52-33-41-60(42-34-52)80-87-77(57-21-11-4-12-22-57)86-79(88-80)58-37-29-50(30-38-58)49-27-35-54(36-28-49)72-73-64-46-44-61(47-65(64)68-24-14-26-70(82-72)90(68)73)51-31-39-59(40-32-51)78-84-75(55-17-7-2-8-18-55)83-76(85-78)56-19-9-3-10-20-56/h1-48H. The molecule has 418 valence electrons. The van der Waals surface area contributed by atoms with Crippen molar-refractivity contribution in [3.8, 4) is 124 Å². The summed E-state index contributed by atoms with van der Waals surface area (Å²) in [4.78, 5) is 40.4. The van der Waals surface area contributed by atoms with Gasteiger partial charge in [0, 0.05) is 66.1 Å². The van der Waals surface area contributed by atoms with Crippen LogP contribution in [0.15, 0.2) is 291 Å². The summed E-state index contributed by atoms with van der Waals surface area (Å²) in [6.07, 6.45) is 0. The fraction of sp³-hybridized carbons (Fsp3) is 0. The number of imidazole rings is 2. The number of hydrogen-bond acceptors (Lipinski definition) is 8. The molecule has 0 aliphatic carbocycles. The minimum Gasteiger partial charge on any atom is -0.292 e. The van der Waals surface area contributed by atoms with E-state index in [0.29, 0.717) is 34.9 Å². The van der Waals surface area contributed by atoms with Crippen molar-refractivity contribution in [1.82, 2.24) is 48.7 Å². The van der Waals surface area contributed by atoms with Crippen LogP contribution in [0.2, 0.25) is 0 Å². The van der Waals surface area contributed by atoms with Gasteiger partial charge in [0.1, 0.15) is 11.3 Å². The van der Waals surface area contributed by atoms with E-state index in [4.69, 9.17) is 39.9 Å². The first-order valence-electron chi connectivity index (χ1n) is 30.1. The number of rotatable bonds is 11. The van der Waals surface area contributed by atoms with Crippen molar-refractivity contribution >= 4 is 54.9 Å². The molecule has 0 saturated heterocycles. The molecule has 90 heavy (non-hydrogen) atoms. The number of pyridine rings is 2. The molecule has 0 unspecified atom stereocenters. The highest BCUT2D eigenvalue weighted by Gasteiger charge is 2.23. The van der Waals surface area contributed by atoms with Crippen molar-refractivity contribution in [1.29, 1.82) is 0 Å². The van der Waals surface area contributed by atoms with Gasteiger partial charge in [-0.3, -0.25) is 8.80 Å². The number of nitrogens with zero attached hydrogens (tertiary/aromatic N) is 10. The van der Waals surface area contributed by atoms with Gasteiger partial charge in [-0.15, -0.1) is 0 Å². The van der Waals surface area contributed by atoms with Crippen LogP contribution in [-0.2, 0) is 0 Å². The van der Waals surface area contributed by atoms with Crippen LogP contribution in [0, 0.1) is 0 Å². The zero-order valence-electron chi connectivity index (χ0n) is 48.2. The van der Waals surface area contributed by atoms with E-state index in [-0.39, 0.29) is 0 Å². The maximum absolute atomic E-state index is 5.25. The molecular weight excluding hydrogens is 1100 g/mol. The first-order valence-corrected chi connectivity index (χ1v) is 30.1. The summed E-state index contributed by atoms with van der Waals surface area (Å²) < 4.78 is 4.59. The highest BCUT2D eigenvalue weighted by molar-refractivity contribution is 6.16. The Morgan fingerprint density at radius 1 is 0.178 bits per heavy atom. The second kappa shape index (κ2) is 20.7. The van der Waals surface area contributed by atoms with Gasteiger partial charge in [0.25, 0.3) is 0 Å². The average molecular weight is 1150 g/mol. The van der Waals surface area contributed by atoms with E-state index in [0.717, 1.165) is 128 Å². The van der Waals surface area contributed by atoms with E-state index < -0.39 is 0 Å². The molecule has 8 heterocycles. The Hall–Kier alpha value is -12.4. The van der Waals surface area contributed by atoms with Crippen LogP contribution in [-0.4, -0.2) is 48.7 Å². The minimum atomic E-state index is 0.602. The molecule has 0 atom stereocenters. The third kappa shape index (κ3) is 8.57. The van der Waals surface area contributed by atoms with Crippen molar-refractivity contribution in [3.63, 3.8) is 0 Å². The molecule has 18 rings (SSSR count). The van der Waals surface area contributed by atoms with Gasteiger partial charge >= 0.3 is 0 Å². The number of fused-ring (bicyclic) bond motifs is 6. The third-order valence-electron chi connectivity index (χ3n) is 17.4. The van der Waals surface area contributed by atoms with Gasteiger partial charge in [0.2, 0.25) is 0 Å². The lowest BCUT2D eigenvalue weighted by Crippen LogP contribution is -2.00. The highest BCUT2D eigenvalue weighted by Crippen LogP contribution is 2.42. The predicted octanol–water partition coefficient (Wildman–Crippen LogP) is 19.2. The van der Waals surface area contributed by atoms with Crippen molar-refractivity contribution in [2.75, 3.05) is 0 Å². The Bertz CT molecular complexity index is 5660. The maximum atomic E-state index is 5.25. The first kappa shape index (κ1) is 50.9. The van der Waals surface area contributed by atoms with E-state index in [1.165, 1.54) is 16.2 Å². The molecule has 0 spiro atoms. The molecule has 0 aliphatic rings.